The van der Waals surface area contributed by atoms with Crippen molar-refractivity contribution in [2.24, 2.45) is 0 Å². The molecule has 1 atom stereocenters. The molecule has 1 aromatic rings. The molecule has 18 heavy (non-hydrogen) atoms. The number of carboxylic acid groups (broad SMARTS) is 1. The summed E-state index contributed by atoms with van der Waals surface area (Å²) in [5.41, 5.74) is 0.490. The van der Waals surface area contributed by atoms with Gasteiger partial charge in [-0.05, 0) is 47.2 Å². The predicted octanol–water partition coefficient (Wildman–Crippen LogP) is 2.66. The minimum atomic E-state index is -0.984. The number of amides is 1. The smallest absolute Gasteiger partial charge is 0.326 e. The van der Waals surface area contributed by atoms with Crippen molar-refractivity contribution in [1.82, 2.24) is 5.32 Å². The normalized spacial score (nSPS) is 11.9. The van der Waals surface area contributed by atoms with Crippen LogP contribution in [0.4, 0.5) is 0 Å². The molecule has 0 aliphatic heterocycles. The zero-order valence-corrected chi connectivity index (χ0v) is 12.3. The van der Waals surface area contributed by atoms with E-state index in [1.165, 1.54) is 0 Å². The molecule has 1 rings (SSSR count). The number of hydrogen-bond donors (Lipinski definition) is 2. The average Bonchev–Trinajstić information content (AvgIpc) is 2.33. The Morgan fingerprint density at radius 1 is 1.44 bits per heavy atom. The van der Waals surface area contributed by atoms with Gasteiger partial charge in [-0.1, -0.05) is 25.8 Å². The number of aliphatic carboxylic acids is 1. The van der Waals surface area contributed by atoms with Gasteiger partial charge in [0, 0.05) is 9.13 Å². The van der Waals surface area contributed by atoms with E-state index in [0.717, 1.165) is 16.4 Å². The molecule has 0 bridgehead atoms. The van der Waals surface area contributed by atoms with Crippen LogP contribution in [0, 0.1) is 3.57 Å². The number of carbonyl (C=O) groups is 2. The molecule has 0 saturated carbocycles. The molecule has 0 saturated heterocycles. The molecule has 2 N–H and O–H groups in total. The maximum absolute atomic E-state index is 11.9. The SMILES string of the molecule is CCCC[C@H](NC(=O)c1cccc(I)c1)C(=O)O. The number of halogens is 1. The fourth-order valence-electron chi connectivity index (χ4n) is 1.54. The summed E-state index contributed by atoms with van der Waals surface area (Å²) < 4.78 is 0.945. The second kappa shape index (κ2) is 7.35. The van der Waals surface area contributed by atoms with Gasteiger partial charge in [-0.15, -0.1) is 0 Å². The zero-order valence-electron chi connectivity index (χ0n) is 10.1. The number of carboxylic acids is 1. The van der Waals surface area contributed by atoms with Crippen LogP contribution >= 0.6 is 22.6 Å². The minimum absolute atomic E-state index is 0.336. The molecule has 0 aliphatic rings. The van der Waals surface area contributed by atoms with Gasteiger partial charge in [0.25, 0.3) is 5.91 Å². The number of unbranched alkanes of at least 4 members (excludes halogenated alkanes) is 1. The van der Waals surface area contributed by atoms with E-state index in [9.17, 15) is 9.59 Å². The monoisotopic (exact) mass is 361 g/mol. The molecule has 0 radical (unpaired) electrons. The Bertz CT molecular complexity index is 434. The molecule has 0 aromatic heterocycles. The summed E-state index contributed by atoms with van der Waals surface area (Å²) in [6.45, 7) is 1.99. The third-order valence-corrected chi connectivity index (χ3v) is 3.21. The highest BCUT2D eigenvalue weighted by Crippen LogP contribution is 2.09. The van der Waals surface area contributed by atoms with Crippen LogP contribution in [-0.4, -0.2) is 23.0 Å². The van der Waals surface area contributed by atoms with E-state index in [4.69, 9.17) is 5.11 Å². The molecule has 0 heterocycles. The fourth-order valence-corrected chi connectivity index (χ4v) is 2.08. The van der Waals surface area contributed by atoms with Crippen molar-refractivity contribution in [2.75, 3.05) is 0 Å². The van der Waals surface area contributed by atoms with E-state index in [-0.39, 0.29) is 5.91 Å². The van der Waals surface area contributed by atoms with Crippen LogP contribution in [0.3, 0.4) is 0 Å². The van der Waals surface area contributed by atoms with Crippen molar-refractivity contribution in [2.45, 2.75) is 32.2 Å². The maximum atomic E-state index is 11.9. The third kappa shape index (κ3) is 4.64. The van der Waals surface area contributed by atoms with Crippen LogP contribution in [-0.2, 0) is 4.79 Å². The standard InChI is InChI=1S/C13H16INO3/c1-2-3-7-11(13(17)18)15-12(16)9-5-4-6-10(14)8-9/h4-6,8,11H,2-3,7H2,1H3,(H,15,16)(H,17,18)/t11-/m0/s1. The molecule has 0 aliphatic carbocycles. The first-order chi connectivity index (χ1) is 8.54. The zero-order chi connectivity index (χ0) is 13.5. The Hall–Kier alpha value is -1.11. The lowest BCUT2D eigenvalue weighted by Gasteiger charge is -2.14. The van der Waals surface area contributed by atoms with Gasteiger partial charge >= 0.3 is 5.97 Å². The summed E-state index contributed by atoms with van der Waals surface area (Å²) in [7, 11) is 0. The molecular weight excluding hydrogens is 345 g/mol. The van der Waals surface area contributed by atoms with E-state index in [1.54, 1.807) is 18.2 Å². The second-order valence-electron chi connectivity index (χ2n) is 4.02. The molecule has 1 aromatic carbocycles. The van der Waals surface area contributed by atoms with Crippen LogP contribution in [0.5, 0.6) is 0 Å². The first kappa shape index (κ1) is 14.9. The Labute approximate surface area is 120 Å². The number of nitrogens with one attached hydrogen (secondary N) is 1. The van der Waals surface area contributed by atoms with Crippen molar-refractivity contribution >= 4 is 34.5 Å². The molecule has 4 nitrogen and oxygen atoms in total. The van der Waals surface area contributed by atoms with Gasteiger partial charge in [-0.25, -0.2) is 4.79 Å². The van der Waals surface area contributed by atoms with E-state index < -0.39 is 12.0 Å². The van der Waals surface area contributed by atoms with Gasteiger partial charge in [0.05, 0.1) is 0 Å². The van der Waals surface area contributed by atoms with Gasteiger partial charge < -0.3 is 10.4 Å². The summed E-state index contributed by atoms with van der Waals surface area (Å²) >= 11 is 2.11. The Balaban J connectivity index is 2.69. The highest BCUT2D eigenvalue weighted by Gasteiger charge is 2.19. The van der Waals surface area contributed by atoms with Crippen molar-refractivity contribution < 1.29 is 14.7 Å². The van der Waals surface area contributed by atoms with Gasteiger partial charge in [0.15, 0.2) is 0 Å². The lowest BCUT2D eigenvalue weighted by molar-refractivity contribution is -0.139. The molecule has 1 amide bonds. The Morgan fingerprint density at radius 2 is 2.17 bits per heavy atom. The highest BCUT2D eigenvalue weighted by molar-refractivity contribution is 14.1. The Morgan fingerprint density at radius 3 is 2.72 bits per heavy atom. The van der Waals surface area contributed by atoms with Gasteiger partial charge in [-0.2, -0.15) is 0 Å². The molecule has 98 valence electrons. The fraction of sp³-hybridized carbons (Fsp3) is 0.385. The van der Waals surface area contributed by atoms with Crippen LogP contribution in [0.1, 0.15) is 36.5 Å². The summed E-state index contributed by atoms with van der Waals surface area (Å²) in [5.74, 6) is -1.32. The van der Waals surface area contributed by atoms with Crippen LogP contribution in [0.25, 0.3) is 0 Å². The molecule has 0 unspecified atom stereocenters. The average molecular weight is 361 g/mol. The molecule has 0 spiro atoms. The molecule has 5 heteroatoms. The van der Waals surface area contributed by atoms with Crippen molar-refractivity contribution in [3.05, 3.63) is 33.4 Å². The minimum Gasteiger partial charge on any atom is -0.480 e. The summed E-state index contributed by atoms with van der Waals surface area (Å²) in [6.07, 6.45) is 2.15. The lowest BCUT2D eigenvalue weighted by atomic mass is 10.1. The maximum Gasteiger partial charge on any atom is 0.326 e. The first-order valence-corrected chi connectivity index (χ1v) is 6.91. The van der Waals surface area contributed by atoms with Crippen LogP contribution < -0.4 is 5.32 Å². The van der Waals surface area contributed by atoms with Crippen molar-refractivity contribution in [1.29, 1.82) is 0 Å². The van der Waals surface area contributed by atoms with Crippen LogP contribution in [0.15, 0.2) is 24.3 Å². The van der Waals surface area contributed by atoms with Gasteiger partial charge in [0.2, 0.25) is 0 Å². The summed E-state index contributed by atoms with van der Waals surface area (Å²) in [6, 6.07) is 6.25. The largest absolute Gasteiger partial charge is 0.480 e. The van der Waals surface area contributed by atoms with Gasteiger partial charge in [-0.3, -0.25) is 4.79 Å². The van der Waals surface area contributed by atoms with Crippen molar-refractivity contribution in [3.8, 4) is 0 Å². The number of rotatable bonds is 6. The van der Waals surface area contributed by atoms with Crippen LogP contribution in [0.2, 0.25) is 0 Å². The number of hydrogen-bond acceptors (Lipinski definition) is 2. The Kier molecular flexibility index (Phi) is 6.11. The molecular formula is C13H16INO3. The topological polar surface area (TPSA) is 66.4 Å². The second-order valence-corrected chi connectivity index (χ2v) is 5.26. The number of benzene rings is 1. The van der Waals surface area contributed by atoms with Gasteiger partial charge in [0.1, 0.15) is 6.04 Å². The number of carbonyl (C=O) groups excluding carboxylic acids is 1. The lowest BCUT2D eigenvalue weighted by Crippen LogP contribution is -2.40. The summed E-state index contributed by atoms with van der Waals surface area (Å²) in [4.78, 5) is 22.9. The van der Waals surface area contributed by atoms with E-state index in [2.05, 4.69) is 27.9 Å². The third-order valence-electron chi connectivity index (χ3n) is 2.54. The quantitative estimate of drug-likeness (QED) is 0.766. The first-order valence-electron chi connectivity index (χ1n) is 5.83. The molecule has 0 fully saturated rings. The van der Waals surface area contributed by atoms with Crippen molar-refractivity contribution in [3.63, 3.8) is 0 Å². The summed E-state index contributed by atoms with van der Waals surface area (Å²) in [5, 5.41) is 11.6. The predicted molar refractivity (Wildman–Crippen MR) is 77.6 cm³/mol. The van der Waals surface area contributed by atoms with E-state index in [1.807, 2.05) is 13.0 Å². The van der Waals surface area contributed by atoms with E-state index >= 15 is 0 Å². The highest BCUT2D eigenvalue weighted by atomic mass is 127. The van der Waals surface area contributed by atoms with E-state index in [0.29, 0.717) is 12.0 Å².